The molecule has 288 valence electrons. The van der Waals surface area contributed by atoms with Gasteiger partial charge in [0.1, 0.15) is 0 Å². The van der Waals surface area contributed by atoms with Crippen molar-refractivity contribution in [3.63, 3.8) is 0 Å². The van der Waals surface area contributed by atoms with Gasteiger partial charge in [-0.2, -0.15) is 12.8 Å². The Labute approximate surface area is 401 Å². The van der Waals surface area contributed by atoms with Crippen LogP contribution in [0.1, 0.15) is 37.7 Å². The zero-order chi connectivity index (χ0) is 39.2. The number of hydrogen-bond acceptors (Lipinski definition) is 6. The normalized spacial score (nSPS) is 10.2. The summed E-state index contributed by atoms with van der Waals surface area (Å²) in [4.78, 5) is 0. The number of aryl methyl sites for hydroxylation is 1. The van der Waals surface area contributed by atoms with Gasteiger partial charge in [0.2, 0.25) is 0 Å². The molecule has 2 heterocycles. The van der Waals surface area contributed by atoms with Crippen molar-refractivity contribution in [1.29, 1.82) is 21.0 Å². The van der Waals surface area contributed by atoms with E-state index in [0.717, 1.165) is 26.1 Å². The van der Waals surface area contributed by atoms with Gasteiger partial charge in [-0.15, -0.1) is 9.24 Å². The Morgan fingerprint density at radius 3 is 1.11 bits per heavy atom. The summed E-state index contributed by atoms with van der Waals surface area (Å²) in [5.41, 5.74) is 1.45. The van der Waals surface area contributed by atoms with Crippen LogP contribution in [0.2, 0.25) is 0 Å². The van der Waals surface area contributed by atoms with Gasteiger partial charge in [0, 0.05) is 13.2 Å². The SMILES string of the molecule is Pc1ccccc1.[C-]#N.[C-]#N.[C-]#N.[C-]#N.[CH-]1CCCO1.[CH-]1CCCO1.[CH3-].[CH3-].[Fe+3].[Fe+3].[Zn+][I].[Zn+][I].c1ccc(CCC[PH+](c2ccccc2)c2ccccc2)cc1. The molecule has 14 heteroatoms. The van der Waals surface area contributed by atoms with Gasteiger partial charge in [-0.05, 0) is 48.0 Å². The van der Waals surface area contributed by atoms with Crippen LogP contribution in [0.5, 0.6) is 0 Å². The molecule has 1 atom stereocenters. The number of benzene rings is 4. The molecule has 0 spiro atoms. The Kier molecular flexibility index (Phi) is 85.4. The minimum atomic E-state index is -0.669. The smallest absolute Gasteiger partial charge is 0.0622 e. The van der Waals surface area contributed by atoms with E-state index in [4.69, 9.17) is 56.8 Å². The molecule has 0 N–H and O–H groups in total. The first-order valence-electron chi connectivity index (χ1n) is 15.4. The second-order valence-electron chi connectivity index (χ2n) is 9.32. The molecule has 2 saturated heterocycles. The molecule has 2 radical (unpaired) electrons. The van der Waals surface area contributed by atoms with E-state index in [1.807, 2.05) is 43.5 Å². The van der Waals surface area contributed by atoms with Crippen molar-refractivity contribution < 1.29 is 73.2 Å². The Morgan fingerprint density at radius 1 is 0.564 bits per heavy atom. The molecule has 2 aliphatic rings. The standard InChI is InChI=1S/C21H21P.C6H7P.2C4H7O.4CN.2CH3.2Fe.2HI.2Zn/c1-4-11-19(12-5-1)13-10-18-22(20-14-6-2-7-15-20)21-16-8-3-9-17-21;7-6-4-2-1-3-5-6;2*1-2-4-5-3-1;4*1-2;;;;;;;;/h1-9,11-12,14-17H,10,13,18H2;1-5H,7H2;2*3H,1-2,4H2;;;;;2*1H3;;;2*1H;;/q;;8*-1;2*+3;;;2*+2/p-1. The van der Waals surface area contributed by atoms with E-state index in [1.54, 1.807) is 0 Å². The second kappa shape index (κ2) is 65.2. The van der Waals surface area contributed by atoms with E-state index >= 15 is 0 Å². The number of hydrogen-bond donors (Lipinski definition) is 0. The number of ether oxygens (including phenoxy) is 2. The summed E-state index contributed by atoms with van der Waals surface area (Å²) in [6.45, 7) is 24.6. The van der Waals surface area contributed by atoms with E-state index in [0.29, 0.717) is 0 Å². The van der Waals surface area contributed by atoms with E-state index < -0.39 is 7.92 Å². The zero-order valence-corrected chi connectivity index (χ0v) is 46.2. The number of halogens is 2. The van der Waals surface area contributed by atoms with E-state index in [1.165, 1.54) is 82.9 Å². The summed E-state index contributed by atoms with van der Waals surface area (Å²) < 4.78 is 9.64. The van der Waals surface area contributed by atoms with Crippen molar-refractivity contribution in [2.45, 2.75) is 38.5 Å². The molecule has 0 saturated carbocycles. The van der Waals surface area contributed by atoms with Crippen LogP contribution in [0.15, 0.2) is 121 Å². The largest absolute Gasteiger partial charge is 0.0966 e. The fraction of sp³-hybridized carbons (Fsp3) is 0.220. The molecular weight excluding hydrogens is 1140 g/mol. The van der Waals surface area contributed by atoms with E-state index in [-0.39, 0.29) is 49.0 Å². The van der Waals surface area contributed by atoms with Crippen molar-refractivity contribution in [2.24, 2.45) is 0 Å². The molecule has 4 aromatic rings. The molecule has 55 heavy (non-hydrogen) atoms. The Morgan fingerprint density at radius 2 is 0.873 bits per heavy atom. The molecule has 0 aromatic heterocycles. The van der Waals surface area contributed by atoms with Crippen LogP contribution in [0.4, 0.5) is 0 Å². The summed E-state index contributed by atoms with van der Waals surface area (Å²) >= 11 is 7.24. The maximum absolute atomic E-state index is 6.25. The first kappa shape index (κ1) is 72.0. The topological polar surface area (TPSA) is 114 Å². The quantitative estimate of drug-likeness (QED) is 0.0822. The van der Waals surface area contributed by atoms with Gasteiger partial charge >= 0.3 is 103 Å². The molecule has 2 fully saturated rings. The van der Waals surface area contributed by atoms with Crippen molar-refractivity contribution in [3.8, 4) is 0 Å². The van der Waals surface area contributed by atoms with Crippen LogP contribution in [0, 0.1) is 75.4 Å². The summed E-state index contributed by atoms with van der Waals surface area (Å²) in [6, 6.07) is 43.0. The van der Waals surface area contributed by atoms with Gasteiger partial charge in [-0.3, -0.25) is 0 Å². The Bertz CT molecular complexity index is 1230. The second-order valence-corrected chi connectivity index (χ2v) is 12.6. The van der Waals surface area contributed by atoms with Gasteiger partial charge in [-0.1, -0.05) is 110 Å². The Balaban J connectivity index is -0.0000000929. The fourth-order valence-electron chi connectivity index (χ4n) is 4.13. The fourth-order valence-corrected chi connectivity index (χ4v) is 6.99. The third kappa shape index (κ3) is 45.9. The molecule has 6 nitrogen and oxygen atoms in total. The molecule has 0 amide bonds. The molecule has 1 unspecified atom stereocenters. The first-order chi connectivity index (χ1) is 25.3. The molecule has 4 aromatic carbocycles. The Hall–Kier alpha value is -0.634. The number of rotatable bonds is 6. The zero-order valence-electron chi connectivity index (χ0n) is 31.6. The predicted molar refractivity (Wildman–Crippen MR) is 236 cm³/mol. The summed E-state index contributed by atoms with van der Waals surface area (Å²) in [6.07, 6.45) is 8.46. The first-order valence-corrected chi connectivity index (χ1v) is 35.8. The minimum absolute atomic E-state index is 0. The van der Waals surface area contributed by atoms with Gasteiger partial charge in [0.25, 0.3) is 0 Å². The van der Waals surface area contributed by atoms with Crippen LogP contribution >= 0.6 is 56.7 Å². The van der Waals surface area contributed by atoms with Crippen LogP contribution < -0.4 is 15.9 Å². The summed E-state index contributed by atoms with van der Waals surface area (Å²) in [7, 11) is 1.96. The third-order valence-electron chi connectivity index (χ3n) is 6.18. The van der Waals surface area contributed by atoms with Gasteiger partial charge in [0.05, 0.1) is 24.7 Å². The molecule has 0 aliphatic carbocycles. The third-order valence-corrected chi connectivity index (χ3v) is 9.48. The monoisotopic (exact) mass is 1180 g/mol. The maximum atomic E-state index is 6.25. The van der Waals surface area contributed by atoms with Crippen molar-refractivity contribution in [2.75, 3.05) is 19.4 Å². The maximum Gasteiger partial charge on any atom is 0.0966 e. The average molecular weight is 1190 g/mol. The van der Waals surface area contributed by atoms with E-state index in [2.05, 4.69) is 140 Å². The van der Waals surface area contributed by atoms with Crippen LogP contribution in [0.25, 0.3) is 0 Å². The summed E-state index contributed by atoms with van der Waals surface area (Å²) in [5, 5.41) is 29.3. The average Bonchev–Trinajstić information content (AvgIpc) is 4.04. The summed E-state index contributed by atoms with van der Waals surface area (Å²) in [5.74, 6) is 0. The molecule has 6 rings (SSSR count). The van der Waals surface area contributed by atoms with Crippen molar-refractivity contribution >= 4 is 72.6 Å². The van der Waals surface area contributed by atoms with Crippen LogP contribution in [-0.2, 0) is 79.6 Å². The van der Waals surface area contributed by atoms with Gasteiger partial charge in [-0.25, -0.2) is 13.2 Å². The molecule has 0 bridgehead atoms. The van der Waals surface area contributed by atoms with Crippen molar-refractivity contribution in [1.82, 2.24) is 0 Å². The van der Waals surface area contributed by atoms with Gasteiger partial charge in [0.15, 0.2) is 0 Å². The van der Waals surface area contributed by atoms with Gasteiger partial charge < -0.3 is 71.7 Å². The van der Waals surface area contributed by atoms with E-state index in [9.17, 15) is 0 Å². The van der Waals surface area contributed by atoms with Crippen molar-refractivity contribution in [3.05, 3.63) is 181 Å². The minimum Gasteiger partial charge on any atom is -0.0622 e. The number of nitrogens with zero attached hydrogens (tertiary/aromatic N) is 4. The molecular formula is C41H49Fe2I2N4O2P2Zn2+. The molecule has 2 aliphatic heterocycles. The predicted octanol–water partition coefficient (Wildman–Crippen LogP) is 10.6. The van der Waals surface area contributed by atoms with Crippen LogP contribution in [0.3, 0.4) is 0 Å². The van der Waals surface area contributed by atoms with Crippen LogP contribution in [-0.4, -0.2) is 19.4 Å².